The summed E-state index contributed by atoms with van der Waals surface area (Å²) in [6.07, 6.45) is 2.26. The van der Waals surface area contributed by atoms with E-state index >= 15 is 0 Å². The van der Waals surface area contributed by atoms with Gasteiger partial charge in [-0.1, -0.05) is 0 Å². The maximum Gasteiger partial charge on any atom is 0.251 e. The van der Waals surface area contributed by atoms with Crippen LogP contribution in [-0.2, 0) is 7.05 Å². The summed E-state index contributed by atoms with van der Waals surface area (Å²) in [5.41, 5.74) is 3.98. The van der Waals surface area contributed by atoms with Crippen LogP contribution in [0.2, 0.25) is 0 Å². The first kappa shape index (κ1) is 22.0. The number of carbonyl (C=O) groups excluding carboxylic acids is 1. The minimum Gasteiger partial charge on any atom is -0.497 e. The van der Waals surface area contributed by atoms with Crippen molar-refractivity contribution in [2.45, 2.75) is 24.8 Å². The van der Waals surface area contributed by atoms with E-state index in [2.05, 4.69) is 28.4 Å². The number of nitrogens with one attached hydrogen (secondary N) is 1. The number of aromatic nitrogens is 2. The van der Waals surface area contributed by atoms with E-state index in [0.717, 1.165) is 36.5 Å². The van der Waals surface area contributed by atoms with E-state index in [0.29, 0.717) is 41.5 Å². The zero-order valence-corrected chi connectivity index (χ0v) is 20.1. The lowest BCUT2D eigenvalue weighted by Gasteiger charge is -2.50. The number of aryl methyl sites for hydroxylation is 1. The summed E-state index contributed by atoms with van der Waals surface area (Å²) in [7, 11) is 3.72. The van der Waals surface area contributed by atoms with Gasteiger partial charge in [0, 0.05) is 48.9 Å². The number of ether oxygens (including phenoxy) is 3. The Morgan fingerprint density at radius 3 is 2.74 bits per heavy atom. The zero-order valence-electron chi connectivity index (χ0n) is 20.1. The normalized spacial score (nSPS) is 24.4. The van der Waals surface area contributed by atoms with Crippen LogP contribution in [0.25, 0.3) is 11.3 Å². The van der Waals surface area contributed by atoms with Crippen LogP contribution in [0, 0.1) is 5.92 Å². The molecule has 2 aromatic carbocycles. The molecule has 2 bridgehead atoms. The van der Waals surface area contributed by atoms with Gasteiger partial charge in [0.05, 0.1) is 12.8 Å². The van der Waals surface area contributed by atoms with Crippen molar-refractivity contribution in [1.82, 2.24) is 20.0 Å². The third kappa shape index (κ3) is 4.12. The van der Waals surface area contributed by atoms with E-state index in [1.807, 2.05) is 23.9 Å². The molecule has 4 aliphatic heterocycles. The Labute approximate surface area is 204 Å². The van der Waals surface area contributed by atoms with Gasteiger partial charge in [-0.15, -0.1) is 0 Å². The molecule has 182 valence electrons. The third-order valence-corrected chi connectivity index (χ3v) is 7.69. The van der Waals surface area contributed by atoms with Crippen LogP contribution in [0.4, 0.5) is 0 Å². The molecule has 4 aliphatic rings. The second-order valence-electron chi connectivity index (χ2n) is 9.62. The van der Waals surface area contributed by atoms with E-state index in [4.69, 9.17) is 19.3 Å². The largest absolute Gasteiger partial charge is 0.497 e. The fraction of sp³-hybridized carbons (Fsp3) is 0.407. The molecule has 8 heteroatoms. The fourth-order valence-electron chi connectivity index (χ4n) is 5.77. The molecule has 5 heterocycles. The SMILES string of the molecule is COc1ccc(-c2cc([C@@H]3CN4CC[C@H]3C[C@@H]4CNC(=O)c3ccc4c(c3)OCO4)n(C)n2)cc1. The molecule has 1 N–H and O–H groups in total. The van der Waals surface area contributed by atoms with Gasteiger partial charge in [0.1, 0.15) is 5.75 Å². The maximum absolute atomic E-state index is 12.8. The van der Waals surface area contributed by atoms with Crippen molar-refractivity contribution in [2.75, 3.05) is 33.5 Å². The van der Waals surface area contributed by atoms with Crippen LogP contribution in [0.1, 0.15) is 34.8 Å². The molecule has 0 spiro atoms. The van der Waals surface area contributed by atoms with E-state index in [-0.39, 0.29) is 12.7 Å². The first-order valence-electron chi connectivity index (χ1n) is 12.2. The zero-order chi connectivity index (χ0) is 23.9. The summed E-state index contributed by atoms with van der Waals surface area (Å²) >= 11 is 0. The molecule has 0 saturated carbocycles. The van der Waals surface area contributed by atoms with Crippen molar-refractivity contribution in [1.29, 1.82) is 0 Å². The van der Waals surface area contributed by atoms with E-state index in [1.165, 1.54) is 12.1 Å². The van der Waals surface area contributed by atoms with Crippen molar-refractivity contribution in [3.8, 4) is 28.5 Å². The number of fused-ring (bicyclic) bond motifs is 4. The molecule has 35 heavy (non-hydrogen) atoms. The predicted octanol–water partition coefficient (Wildman–Crippen LogP) is 3.43. The first-order chi connectivity index (χ1) is 17.1. The smallest absolute Gasteiger partial charge is 0.251 e. The number of benzene rings is 2. The topological polar surface area (TPSA) is 77.9 Å². The Kier molecular flexibility index (Phi) is 5.60. The van der Waals surface area contributed by atoms with Crippen molar-refractivity contribution < 1.29 is 19.0 Å². The van der Waals surface area contributed by atoms with Gasteiger partial charge < -0.3 is 19.5 Å². The Hall–Kier alpha value is -3.52. The van der Waals surface area contributed by atoms with Crippen LogP contribution >= 0.6 is 0 Å². The number of hydrogen-bond donors (Lipinski definition) is 1. The first-order valence-corrected chi connectivity index (χ1v) is 12.2. The minimum atomic E-state index is -0.0711. The highest BCUT2D eigenvalue weighted by Gasteiger charge is 2.42. The Bertz CT molecular complexity index is 1240. The Morgan fingerprint density at radius 1 is 1.14 bits per heavy atom. The second kappa shape index (κ2) is 8.92. The summed E-state index contributed by atoms with van der Waals surface area (Å²) in [5, 5.41) is 7.95. The van der Waals surface area contributed by atoms with Gasteiger partial charge in [0.25, 0.3) is 5.91 Å². The number of methoxy groups -OCH3 is 1. The van der Waals surface area contributed by atoms with E-state index in [9.17, 15) is 4.79 Å². The van der Waals surface area contributed by atoms with Crippen LogP contribution in [0.15, 0.2) is 48.5 Å². The average molecular weight is 475 g/mol. The van der Waals surface area contributed by atoms with Gasteiger partial charge in [-0.3, -0.25) is 14.4 Å². The van der Waals surface area contributed by atoms with Crippen molar-refractivity contribution in [3.63, 3.8) is 0 Å². The Morgan fingerprint density at radius 2 is 1.97 bits per heavy atom. The number of hydrogen-bond acceptors (Lipinski definition) is 6. The highest BCUT2D eigenvalue weighted by atomic mass is 16.7. The monoisotopic (exact) mass is 474 g/mol. The van der Waals surface area contributed by atoms with Crippen molar-refractivity contribution >= 4 is 5.91 Å². The lowest BCUT2D eigenvalue weighted by atomic mass is 9.74. The van der Waals surface area contributed by atoms with Gasteiger partial charge >= 0.3 is 0 Å². The van der Waals surface area contributed by atoms with Crippen LogP contribution in [0.5, 0.6) is 17.2 Å². The molecule has 4 atom stereocenters. The van der Waals surface area contributed by atoms with Gasteiger partial charge in [0.15, 0.2) is 11.5 Å². The van der Waals surface area contributed by atoms with Gasteiger partial charge in [-0.25, -0.2) is 0 Å². The number of rotatable bonds is 6. The van der Waals surface area contributed by atoms with Crippen molar-refractivity contribution in [3.05, 3.63) is 59.8 Å². The summed E-state index contributed by atoms with van der Waals surface area (Å²) in [6, 6.07) is 16.0. The highest BCUT2D eigenvalue weighted by molar-refractivity contribution is 5.95. The summed E-state index contributed by atoms with van der Waals surface area (Å²) in [6.45, 7) is 2.93. The molecule has 3 saturated heterocycles. The Balaban J connectivity index is 1.11. The standard InChI is InChI=1S/C27H30N4O4/c1-30-24(13-23(29-30)17-3-6-21(33-2)7-4-17)22-15-31-10-9-18(22)11-20(31)14-28-27(32)19-5-8-25-26(12-19)35-16-34-25/h3-8,12-13,18,20,22H,9-11,14-16H2,1-2H3,(H,28,32)/t18-,20+,22+/m0/s1. The number of piperidine rings is 3. The van der Waals surface area contributed by atoms with Crippen LogP contribution in [0.3, 0.4) is 0 Å². The summed E-state index contributed by atoms with van der Waals surface area (Å²) < 4.78 is 18.1. The molecule has 0 radical (unpaired) electrons. The molecule has 3 fully saturated rings. The van der Waals surface area contributed by atoms with Crippen LogP contribution < -0.4 is 19.5 Å². The van der Waals surface area contributed by atoms with Gasteiger partial charge in [-0.05, 0) is 73.8 Å². The molecule has 8 nitrogen and oxygen atoms in total. The predicted molar refractivity (Wildman–Crippen MR) is 131 cm³/mol. The van der Waals surface area contributed by atoms with Crippen molar-refractivity contribution in [2.24, 2.45) is 13.0 Å². The average Bonchev–Trinajstić information content (AvgIpc) is 3.53. The third-order valence-electron chi connectivity index (χ3n) is 7.69. The van der Waals surface area contributed by atoms with E-state index < -0.39 is 0 Å². The van der Waals surface area contributed by atoms with Crippen LogP contribution in [-0.4, -0.2) is 60.2 Å². The molecular weight excluding hydrogens is 444 g/mol. The second-order valence-corrected chi connectivity index (χ2v) is 9.62. The summed E-state index contributed by atoms with van der Waals surface area (Å²) in [4.78, 5) is 15.3. The quantitative estimate of drug-likeness (QED) is 0.590. The number of carbonyl (C=O) groups is 1. The van der Waals surface area contributed by atoms with E-state index in [1.54, 1.807) is 25.3 Å². The molecule has 1 aromatic heterocycles. The lowest BCUT2D eigenvalue weighted by Crippen LogP contribution is -2.56. The summed E-state index contributed by atoms with van der Waals surface area (Å²) in [5.74, 6) is 3.14. The minimum absolute atomic E-state index is 0.0711. The molecular formula is C27H30N4O4. The molecule has 0 aliphatic carbocycles. The molecule has 1 unspecified atom stereocenters. The maximum atomic E-state index is 12.8. The highest BCUT2D eigenvalue weighted by Crippen LogP contribution is 2.42. The molecule has 7 rings (SSSR count). The fourth-order valence-corrected chi connectivity index (χ4v) is 5.77. The molecule has 1 amide bonds. The van der Waals surface area contributed by atoms with Gasteiger partial charge in [0.2, 0.25) is 6.79 Å². The van der Waals surface area contributed by atoms with Gasteiger partial charge in [-0.2, -0.15) is 5.10 Å². The number of nitrogens with zero attached hydrogens (tertiary/aromatic N) is 3. The molecule has 3 aromatic rings. The number of amides is 1. The lowest BCUT2D eigenvalue weighted by molar-refractivity contribution is 0.0280.